The average Bonchev–Trinajstić information content (AvgIpc) is 3.42. The number of halogens is 2. The van der Waals surface area contributed by atoms with E-state index in [9.17, 15) is 9.18 Å². The van der Waals surface area contributed by atoms with Crippen molar-refractivity contribution in [2.75, 3.05) is 33.4 Å². The van der Waals surface area contributed by atoms with E-state index in [1.807, 2.05) is 0 Å². The smallest absolute Gasteiger partial charge is 0.317 e. The Morgan fingerprint density at radius 3 is 3.00 bits per heavy atom. The number of nitrogens with zero attached hydrogens (tertiary/aromatic N) is 1. The van der Waals surface area contributed by atoms with E-state index in [0.717, 1.165) is 18.4 Å². The molecule has 1 heterocycles. The Balaban J connectivity index is 1.61. The Kier molecular flexibility index (Phi) is 5.58. The Hall–Kier alpha value is -1.37. The summed E-state index contributed by atoms with van der Waals surface area (Å²) in [5.74, 6) is 0.0549. The van der Waals surface area contributed by atoms with Gasteiger partial charge in [0.25, 0.3) is 0 Å². The normalized spacial score (nSPS) is 22.3. The average molecular weight is 357 g/mol. The Labute approximate surface area is 146 Å². The minimum Gasteiger partial charge on any atom is -0.383 e. The van der Waals surface area contributed by atoms with Crippen LogP contribution in [0, 0.1) is 11.7 Å². The molecule has 1 N–H and O–H groups in total. The summed E-state index contributed by atoms with van der Waals surface area (Å²) in [6.45, 7) is 1.91. The summed E-state index contributed by atoms with van der Waals surface area (Å²) in [4.78, 5) is 14.3. The molecular formula is C17H22ClFN2O3. The molecule has 0 bridgehead atoms. The fraction of sp³-hybridized carbons (Fsp3) is 0.588. The van der Waals surface area contributed by atoms with E-state index in [1.54, 1.807) is 24.1 Å². The van der Waals surface area contributed by atoms with Gasteiger partial charge >= 0.3 is 6.03 Å². The highest BCUT2D eigenvalue weighted by atomic mass is 35.5. The number of morpholine rings is 1. The number of amides is 2. The van der Waals surface area contributed by atoms with Gasteiger partial charge in [0.15, 0.2) is 0 Å². The maximum Gasteiger partial charge on any atom is 0.317 e. The standard InChI is InChI=1S/C17H22ClFN2O3/c1-23-10-15(11-2-3-11)20-17(22)21-6-7-24-16(9-21)12-4-5-14(19)13(18)8-12/h4-5,8,11,15-16H,2-3,6-7,9-10H2,1H3,(H,20,22). The summed E-state index contributed by atoms with van der Waals surface area (Å²) in [5.41, 5.74) is 0.773. The van der Waals surface area contributed by atoms with Crippen molar-refractivity contribution in [3.8, 4) is 0 Å². The molecule has 2 amide bonds. The molecule has 7 heteroatoms. The summed E-state index contributed by atoms with van der Waals surface area (Å²) < 4.78 is 24.2. The molecule has 132 valence electrons. The highest BCUT2D eigenvalue weighted by Crippen LogP contribution is 2.33. The number of urea groups is 1. The molecule has 1 saturated carbocycles. The summed E-state index contributed by atoms with van der Waals surface area (Å²) in [6, 6.07) is 4.47. The van der Waals surface area contributed by atoms with Gasteiger partial charge in [-0.3, -0.25) is 0 Å². The molecule has 0 radical (unpaired) electrons. The number of carbonyl (C=O) groups is 1. The number of nitrogens with one attached hydrogen (secondary N) is 1. The zero-order valence-electron chi connectivity index (χ0n) is 13.6. The molecule has 3 rings (SSSR count). The second-order valence-electron chi connectivity index (χ2n) is 6.33. The van der Waals surface area contributed by atoms with Crippen molar-refractivity contribution in [2.45, 2.75) is 25.0 Å². The minimum absolute atomic E-state index is 0.0593. The van der Waals surface area contributed by atoms with Crippen LogP contribution in [-0.2, 0) is 9.47 Å². The van der Waals surface area contributed by atoms with Crippen molar-refractivity contribution in [3.63, 3.8) is 0 Å². The van der Waals surface area contributed by atoms with E-state index in [2.05, 4.69) is 5.32 Å². The predicted octanol–water partition coefficient (Wildman–Crippen LogP) is 2.99. The van der Waals surface area contributed by atoms with E-state index in [0.29, 0.717) is 32.2 Å². The Morgan fingerprint density at radius 2 is 2.33 bits per heavy atom. The van der Waals surface area contributed by atoms with Gasteiger partial charge in [-0.25, -0.2) is 9.18 Å². The zero-order valence-corrected chi connectivity index (χ0v) is 14.4. The van der Waals surface area contributed by atoms with Crippen molar-refractivity contribution in [2.24, 2.45) is 5.92 Å². The predicted molar refractivity (Wildman–Crippen MR) is 88.6 cm³/mol. The molecule has 0 aromatic heterocycles. The van der Waals surface area contributed by atoms with Gasteiger partial charge in [-0.1, -0.05) is 17.7 Å². The SMILES string of the molecule is COCC(NC(=O)N1CCOC(c2ccc(F)c(Cl)c2)C1)C1CC1. The fourth-order valence-corrected chi connectivity index (χ4v) is 3.16. The first-order valence-electron chi connectivity index (χ1n) is 8.19. The molecule has 1 aliphatic heterocycles. The highest BCUT2D eigenvalue weighted by molar-refractivity contribution is 6.30. The van der Waals surface area contributed by atoms with Gasteiger partial charge in [0.05, 0.1) is 30.8 Å². The highest BCUT2D eigenvalue weighted by Gasteiger charge is 2.34. The Morgan fingerprint density at radius 1 is 1.54 bits per heavy atom. The van der Waals surface area contributed by atoms with Crippen LogP contribution in [0.4, 0.5) is 9.18 Å². The van der Waals surface area contributed by atoms with Crippen molar-refractivity contribution in [1.82, 2.24) is 10.2 Å². The lowest BCUT2D eigenvalue weighted by molar-refractivity contribution is -0.0162. The molecule has 5 nitrogen and oxygen atoms in total. The van der Waals surface area contributed by atoms with Crippen LogP contribution in [0.25, 0.3) is 0 Å². The minimum atomic E-state index is -0.460. The van der Waals surface area contributed by atoms with E-state index in [-0.39, 0.29) is 23.2 Å². The monoisotopic (exact) mass is 356 g/mol. The molecule has 1 aromatic rings. The van der Waals surface area contributed by atoms with Crippen LogP contribution in [0.5, 0.6) is 0 Å². The first-order chi connectivity index (χ1) is 11.6. The second-order valence-corrected chi connectivity index (χ2v) is 6.73. The molecule has 1 saturated heterocycles. The molecule has 1 aliphatic carbocycles. The lowest BCUT2D eigenvalue weighted by Crippen LogP contribution is -2.51. The third kappa shape index (κ3) is 4.18. The number of rotatable bonds is 5. The van der Waals surface area contributed by atoms with Gasteiger partial charge in [0, 0.05) is 13.7 Å². The van der Waals surface area contributed by atoms with Crippen LogP contribution in [0.15, 0.2) is 18.2 Å². The van der Waals surface area contributed by atoms with E-state index in [1.165, 1.54) is 6.07 Å². The van der Waals surface area contributed by atoms with E-state index >= 15 is 0 Å². The van der Waals surface area contributed by atoms with Crippen molar-refractivity contribution >= 4 is 17.6 Å². The second kappa shape index (κ2) is 7.68. The molecular weight excluding hydrogens is 335 g/mol. The van der Waals surface area contributed by atoms with E-state index < -0.39 is 5.82 Å². The summed E-state index contributed by atoms with van der Waals surface area (Å²) in [6.07, 6.45) is 1.96. The first kappa shape index (κ1) is 17.5. The number of carbonyl (C=O) groups excluding carboxylic acids is 1. The summed E-state index contributed by atoms with van der Waals surface area (Å²) in [7, 11) is 1.64. The maximum absolute atomic E-state index is 13.3. The number of hydrogen-bond acceptors (Lipinski definition) is 3. The van der Waals surface area contributed by atoms with Crippen LogP contribution in [0.1, 0.15) is 24.5 Å². The van der Waals surface area contributed by atoms with Gasteiger partial charge in [0.1, 0.15) is 11.9 Å². The molecule has 0 spiro atoms. The van der Waals surface area contributed by atoms with Gasteiger partial charge in [-0.2, -0.15) is 0 Å². The van der Waals surface area contributed by atoms with Crippen molar-refractivity contribution in [1.29, 1.82) is 0 Å². The fourth-order valence-electron chi connectivity index (χ4n) is 2.97. The third-order valence-corrected chi connectivity index (χ3v) is 4.80. The first-order valence-corrected chi connectivity index (χ1v) is 8.57. The zero-order chi connectivity index (χ0) is 17.1. The van der Waals surface area contributed by atoms with Crippen molar-refractivity contribution < 1.29 is 18.7 Å². The molecule has 2 fully saturated rings. The van der Waals surface area contributed by atoms with E-state index in [4.69, 9.17) is 21.1 Å². The van der Waals surface area contributed by atoms with Gasteiger partial charge in [0.2, 0.25) is 0 Å². The molecule has 2 aliphatic rings. The quantitative estimate of drug-likeness (QED) is 0.882. The maximum atomic E-state index is 13.3. The largest absolute Gasteiger partial charge is 0.383 e. The van der Waals surface area contributed by atoms with Crippen LogP contribution in [0.2, 0.25) is 5.02 Å². The Bertz CT molecular complexity index is 597. The van der Waals surface area contributed by atoms with Crippen LogP contribution in [-0.4, -0.2) is 50.4 Å². The third-order valence-electron chi connectivity index (χ3n) is 4.52. The molecule has 2 atom stereocenters. The van der Waals surface area contributed by atoms with Gasteiger partial charge in [-0.05, 0) is 36.5 Å². The molecule has 2 unspecified atom stereocenters. The summed E-state index contributed by atoms with van der Waals surface area (Å²) >= 11 is 5.84. The lowest BCUT2D eigenvalue weighted by Gasteiger charge is -2.34. The number of benzene rings is 1. The van der Waals surface area contributed by atoms with Crippen molar-refractivity contribution in [3.05, 3.63) is 34.6 Å². The van der Waals surface area contributed by atoms with Gasteiger partial charge < -0.3 is 19.7 Å². The summed E-state index contributed by atoms with van der Waals surface area (Å²) in [5, 5.41) is 3.12. The molecule has 1 aromatic carbocycles. The van der Waals surface area contributed by atoms with Crippen LogP contribution < -0.4 is 5.32 Å². The van der Waals surface area contributed by atoms with Gasteiger partial charge in [-0.15, -0.1) is 0 Å². The lowest BCUT2D eigenvalue weighted by atomic mass is 10.1. The molecule has 24 heavy (non-hydrogen) atoms. The van der Waals surface area contributed by atoms with Crippen LogP contribution >= 0.6 is 11.6 Å². The van der Waals surface area contributed by atoms with Crippen LogP contribution in [0.3, 0.4) is 0 Å². The number of hydrogen-bond donors (Lipinski definition) is 1. The number of ether oxygens (including phenoxy) is 2. The number of methoxy groups -OCH3 is 1. The topological polar surface area (TPSA) is 50.8 Å².